The predicted molar refractivity (Wildman–Crippen MR) is 53.2 cm³/mol. The summed E-state index contributed by atoms with van der Waals surface area (Å²) < 4.78 is 1.78. The van der Waals surface area contributed by atoms with E-state index in [1.54, 1.807) is 10.7 Å². The minimum atomic E-state index is -0.196. The van der Waals surface area contributed by atoms with Crippen LogP contribution < -0.4 is 5.73 Å². The Bertz CT molecular complexity index is 354. The fourth-order valence-electron chi connectivity index (χ4n) is 2.13. The Hall–Kier alpha value is -1.50. The standard InChI is InChI=1S/C10H14N4/c11-7-10(4-1-2-5-10)8-14-6-3-9(12)13-14/h3,6H,1-2,4-5,8H2,(H2,12,13). The highest BCUT2D eigenvalue weighted by atomic mass is 15.3. The first kappa shape index (κ1) is 9.07. The molecule has 1 aromatic rings. The first-order chi connectivity index (χ1) is 6.74. The summed E-state index contributed by atoms with van der Waals surface area (Å²) in [6.45, 7) is 0.681. The van der Waals surface area contributed by atoms with Crippen molar-refractivity contribution >= 4 is 5.82 Å². The first-order valence-corrected chi connectivity index (χ1v) is 4.94. The van der Waals surface area contributed by atoms with Crippen LogP contribution in [0.4, 0.5) is 5.82 Å². The highest BCUT2D eigenvalue weighted by molar-refractivity contribution is 5.24. The summed E-state index contributed by atoms with van der Waals surface area (Å²) in [5.74, 6) is 0.524. The lowest BCUT2D eigenvalue weighted by molar-refractivity contribution is 0.327. The fraction of sp³-hybridized carbons (Fsp3) is 0.600. The zero-order chi connectivity index (χ0) is 10.0. The second kappa shape index (κ2) is 3.33. The van der Waals surface area contributed by atoms with Gasteiger partial charge in [-0.2, -0.15) is 10.4 Å². The van der Waals surface area contributed by atoms with Crippen LogP contribution >= 0.6 is 0 Å². The molecule has 0 unspecified atom stereocenters. The highest BCUT2D eigenvalue weighted by Crippen LogP contribution is 2.38. The van der Waals surface area contributed by atoms with E-state index in [1.165, 1.54) is 0 Å². The average molecular weight is 190 g/mol. The number of nitriles is 1. The van der Waals surface area contributed by atoms with Gasteiger partial charge in [-0.05, 0) is 18.9 Å². The lowest BCUT2D eigenvalue weighted by Gasteiger charge is -2.19. The monoisotopic (exact) mass is 190 g/mol. The summed E-state index contributed by atoms with van der Waals surface area (Å²) in [6.07, 6.45) is 6.13. The van der Waals surface area contributed by atoms with Crippen LogP contribution in [0.5, 0.6) is 0 Å². The third-order valence-electron chi connectivity index (χ3n) is 2.92. The third-order valence-corrected chi connectivity index (χ3v) is 2.92. The van der Waals surface area contributed by atoms with Crippen molar-refractivity contribution in [2.75, 3.05) is 5.73 Å². The zero-order valence-electron chi connectivity index (χ0n) is 8.11. The Morgan fingerprint density at radius 1 is 1.57 bits per heavy atom. The molecular weight excluding hydrogens is 176 g/mol. The van der Waals surface area contributed by atoms with Crippen molar-refractivity contribution < 1.29 is 0 Å². The summed E-state index contributed by atoms with van der Waals surface area (Å²) in [7, 11) is 0. The van der Waals surface area contributed by atoms with Gasteiger partial charge in [0.1, 0.15) is 5.82 Å². The van der Waals surface area contributed by atoms with Crippen LogP contribution in [0.25, 0.3) is 0 Å². The number of anilines is 1. The van der Waals surface area contributed by atoms with Gasteiger partial charge in [-0.1, -0.05) is 12.8 Å². The van der Waals surface area contributed by atoms with E-state index in [9.17, 15) is 0 Å². The molecule has 2 rings (SSSR count). The maximum atomic E-state index is 9.16. The van der Waals surface area contributed by atoms with Gasteiger partial charge in [0.05, 0.1) is 18.0 Å². The van der Waals surface area contributed by atoms with E-state index in [-0.39, 0.29) is 5.41 Å². The van der Waals surface area contributed by atoms with Gasteiger partial charge in [-0.25, -0.2) is 0 Å². The van der Waals surface area contributed by atoms with Gasteiger partial charge in [0.15, 0.2) is 0 Å². The smallest absolute Gasteiger partial charge is 0.145 e. The van der Waals surface area contributed by atoms with E-state index >= 15 is 0 Å². The molecule has 0 aliphatic heterocycles. The van der Waals surface area contributed by atoms with Gasteiger partial charge in [0, 0.05) is 6.20 Å². The largest absolute Gasteiger partial charge is 0.382 e. The molecule has 0 saturated heterocycles. The lowest BCUT2D eigenvalue weighted by atomic mass is 9.88. The molecule has 1 aliphatic carbocycles. The molecule has 1 aliphatic rings. The number of hydrogen-bond donors (Lipinski definition) is 1. The molecule has 2 N–H and O–H groups in total. The summed E-state index contributed by atoms with van der Waals surface area (Å²) in [5, 5.41) is 13.3. The second-order valence-electron chi connectivity index (χ2n) is 4.04. The van der Waals surface area contributed by atoms with E-state index < -0.39 is 0 Å². The zero-order valence-corrected chi connectivity index (χ0v) is 8.11. The molecule has 4 heteroatoms. The van der Waals surface area contributed by atoms with E-state index in [1.807, 2.05) is 6.20 Å². The molecule has 1 fully saturated rings. The molecule has 1 aromatic heterocycles. The maximum Gasteiger partial charge on any atom is 0.145 e. The quantitative estimate of drug-likeness (QED) is 0.769. The average Bonchev–Trinajstić information content (AvgIpc) is 2.77. The van der Waals surface area contributed by atoms with Crippen molar-refractivity contribution in [1.29, 1.82) is 5.26 Å². The molecule has 0 bridgehead atoms. The summed E-state index contributed by atoms with van der Waals surface area (Å²) in [5.41, 5.74) is 5.33. The van der Waals surface area contributed by atoms with Crippen LogP contribution in [0.2, 0.25) is 0 Å². The normalized spacial score (nSPS) is 19.4. The number of nitrogens with two attached hydrogens (primary N) is 1. The molecule has 1 saturated carbocycles. The Kier molecular flexibility index (Phi) is 2.16. The Morgan fingerprint density at radius 2 is 2.29 bits per heavy atom. The van der Waals surface area contributed by atoms with Crippen LogP contribution in [0, 0.1) is 16.7 Å². The van der Waals surface area contributed by atoms with Crippen LogP contribution in [0.3, 0.4) is 0 Å². The number of nitrogens with zero attached hydrogens (tertiary/aromatic N) is 3. The second-order valence-corrected chi connectivity index (χ2v) is 4.04. The topological polar surface area (TPSA) is 67.6 Å². The van der Waals surface area contributed by atoms with Crippen molar-refractivity contribution in [3.8, 4) is 6.07 Å². The van der Waals surface area contributed by atoms with Crippen LogP contribution in [-0.2, 0) is 6.54 Å². The first-order valence-electron chi connectivity index (χ1n) is 4.94. The molecule has 0 aromatic carbocycles. The van der Waals surface area contributed by atoms with Crippen molar-refractivity contribution in [1.82, 2.24) is 9.78 Å². The van der Waals surface area contributed by atoms with E-state index in [0.717, 1.165) is 25.7 Å². The molecule has 0 atom stereocenters. The molecule has 0 amide bonds. The van der Waals surface area contributed by atoms with Gasteiger partial charge >= 0.3 is 0 Å². The van der Waals surface area contributed by atoms with Gasteiger partial charge in [-0.15, -0.1) is 0 Å². The number of rotatable bonds is 2. The van der Waals surface area contributed by atoms with Crippen molar-refractivity contribution in [3.63, 3.8) is 0 Å². The highest BCUT2D eigenvalue weighted by Gasteiger charge is 2.34. The Morgan fingerprint density at radius 3 is 2.79 bits per heavy atom. The van der Waals surface area contributed by atoms with Crippen molar-refractivity contribution in [2.45, 2.75) is 32.2 Å². The summed E-state index contributed by atoms with van der Waals surface area (Å²) in [4.78, 5) is 0. The van der Waals surface area contributed by atoms with E-state index in [4.69, 9.17) is 11.0 Å². The Balaban J connectivity index is 2.13. The molecule has 1 heterocycles. The third kappa shape index (κ3) is 1.58. The molecule has 74 valence electrons. The minimum Gasteiger partial charge on any atom is -0.382 e. The van der Waals surface area contributed by atoms with Gasteiger partial charge in [0.2, 0.25) is 0 Å². The van der Waals surface area contributed by atoms with Gasteiger partial charge in [0.25, 0.3) is 0 Å². The van der Waals surface area contributed by atoms with Gasteiger partial charge in [-0.3, -0.25) is 4.68 Å². The van der Waals surface area contributed by atoms with E-state index in [2.05, 4.69) is 11.2 Å². The molecule has 4 nitrogen and oxygen atoms in total. The minimum absolute atomic E-state index is 0.196. The number of hydrogen-bond acceptors (Lipinski definition) is 3. The van der Waals surface area contributed by atoms with Crippen LogP contribution in [0.15, 0.2) is 12.3 Å². The number of nitrogen functional groups attached to an aromatic ring is 1. The Labute approximate surface area is 83.3 Å². The van der Waals surface area contributed by atoms with Crippen LogP contribution in [0.1, 0.15) is 25.7 Å². The molecule has 0 radical (unpaired) electrons. The van der Waals surface area contributed by atoms with Crippen LogP contribution in [-0.4, -0.2) is 9.78 Å². The summed E-state index contributed by atoms with van der Waals surface area (Å²) in [6, 6.07) is 4.20. The number of aromatic nitrogens is 2. The van der Waals surface area contributed by atoms with E-state index in [0.29, 0.717) is 12.4 Å². The molecular formula is C10H14N4. The maximum absolute atomic E-state index is 9.16. The lowest BCUT2D eigenvalue weighted by Crippen LogP contribution is -2.21. The predicted octanol–water partition coefficient (Wildman–Crippen LogP) is 1.55. The molecule has 0 spiro atoms. The molecule has 14 heavy (non-hydrogen) atoms. The van der Waals surface area contributed by atoms with Crippen molar-refractivity contribution in [2.24, 2.45) is 5.41 Å². The van der Waals surface area contributed by atoms with Gasteiger partial charge < -0.3 is 5.73 Å². The summed E-state index contributed by atoms with van der Waals surface area (Å²) >= 11 is 0. The van der Waals surface area contributed by atoms with Crippen molar-refractivity contribution in [3.05, 3.63) is 12.3 Å². The SMILES string of the molecule is N#CC1(Cn2ccc(N)n2)CCCC1. The fourth-order valence-corrected chi connectivity index (χ4v) is 2.13.